The number of hydrogen-bond acceptors (Lipinski definition) is 4. The molecule has 0 radical (unpaired) electrons. The van der Waals surface area contributed by atoms with Crippen LogP contribution in [-0.2, 0) is 11.3 Å². The minimum atomic E-state index is -0.311. The van der Waals surface area contributed by atoms with Gasteiger partial charge in [-0.1, -0.05) is 42.5 Å². The number of methoxy groups -OCH3 is 1. The lowest BCUT2D eigenvalue weighted by Gasteiger charge is -2.18. The number of amides is 1. The molecule has 0 fully saturated rings. The third-order valence-corrected chi connectivity index (χ3v) is 5.61. The number of anilines is 1. The molecular formula is C26H28N4O2. The molecule has 0 aliphatic carbocycles. The first-order valence-corrected chi connectivity index (χ1v) is 10.8. The van der Waals surface area contributed by atoms with Crippen LogP contribution in [0.25, 0.3) is 10.9 Å². The molecule has 6 nitrogen and oxygen atoms in total. The number of nitrogens with zero attached hydrogens (tertiary/aromatic N) is 1. The van der Waals surface area contributed by atoms with Gasteiger partial charge in [-0.15, -0.1) is 0 Å². The van der Waals surface area contributed by atoms with Crippen molar-refractivity contribution in [1.82, 2.24) is 15.5 Å². The Morgan fingerprint density at radius 2 is 1.91 bits per heavy atom. The van der Waals surface area contributed by atoms with Gasteiger partial charge < -0.3 is 15.4 Å². The van der Waals surface area contributed by atoms with Crippen molar-refractivity contribution in [2.75, 3.05) is 19.0 Å². The summed E-state index contributed by atoms with van der Waals surface area (Å²) in [7, 11) is 1.64. The van der Waals surface area contributed by atoms with Gasteiger partial charge in [-0.25, -0.2) is 0 Å². The molecule has 0 aliphatic heterocycles. The summed E-state index contributed by atoms with van der Waals surface area (Å²) in [5.74, 6) is 0.391. The highest BCUT2D eigenvalue weighted by Gasteiger charge is 2.21. The maximum atomic E-state index is 13.3. The predicted octanol–water partition coefficient (Wildman–Crippen LogP) is 4.78. The summed E-state index contributed by atoms with van der Waals surface area (Å²) in [6.07, 6.45) is 0.665. The van der Waals surface area contributed by atoms with Crippen LogP contribution >= 0.6 is 0 Å². The van der Waals surface area contributed by atoms with Crippen molar-refractivity contribution in [3.8, 4) is 5.75 Å². The van der Waals surface area contributed by atoms with E-state index < -0.39 is 0 Å². The first kappa shape index (κ1) is 21.6. The molecule has 0 aliphatic rings. The van der Waals surface area contributed by atoms with E-state index in [1.54, 1.807) is 7.11 Å². The number of ether oxygens (including phenoxy) is 1. The third kappa shape index (κ3) is 5.15. The van der Waals surface area contributed by atoms with Crippen molar-refractivity contribution in [1.29, 1.82) is 0 Å². The number of aromatic nitrogens is 2. The van der Waals surface area contributed by atoms with Gasteiger partial charge in [0.25, 0.3) is 0 Å². The number of H-pyrrole nitrogens is 1. The van der Waals surface area contributed by atoms with Gasteiger partial charge >= 0.3 is 0 Å². The lowest BCUT2D eigenvalue weighted by Crippen LogP contribution is -2.25. The van der Waals surface area contributed by atoms with Crippen LogP contribution in [0.2, 0.25) is 0 Å². The zero-order valence-electron chi connectivity index (χ0n) is 18.4. The van der Waals surface area contributed by atoms with Crippen LogP contribution in [0.5, 0.6) is 5.75 Å². The van der Waals surface area contributed by atoms with E-state index in [1.807, 2.05) is 67.6 Å². The SMILES string of the molecule is COc1cccc(C(CCNCc2ccccc2)C(=O)Nc2ccc3n[nH]c(C)c3c2)c1. The Morgan fingerprint density at radius 3 is 2.72 bits per heavy atom. The number of rotatable bonds is 9. The van der Waals surface area contributed by atoms with E-state index in [1.165, 1.54) is 5.56 Å². The van der Waals surface area contributed by atoms with Crippen molar-refractivity contribution in [3.63, 3.8) is 0 Å². The molecule has 0 saturated heterocycles. The number of fused-ring (bicyclic) bond motifs is 1. The highest BCUT2D eigenvalue weighted by Crippen LogP contribution is 2.26. The summed E-state index contributed by atoms with van der Waals surface area (Å²) in [6.45, 7) is 3.45. The summed E-state index contributed by atoms with van der Waals surface area (Å²) in [5, 5.41) is 14.8. The molecule has 4 aromatic rings. The lowest BCUT2D eigenvalue weighted by molar-refractivity contribution is -0.117. The quantitative estimate of drug-likeness (QED) is 0.335. The summed E-state index contributed by atoms with van der Waals surface area (Å²) in [4.78, 5) is 13.3. The van der Waals surface area contributed by atoms with Crippen molar-refractivity contribution < 1.29 is 9.53 Å². The molecule has 3 aromatic carbocycles. The van der Waals surface area contributed by atoms with Crippen molar-refractivity contribution in [2.24, 2.45) is 0 Å². The second kappa shape index (κ2) is 10.1. The largest absolute Gasteiger partial charge is 0.497 e. The van der Waals surface area contributed by atoms with E-state index >= 15 is 0 Å². The normalized spacial score (nSPS) is 11.9. The molecule has 32 heavy (non-hydrogen) atoms. The third-order valence-electron chi connectivity index (χ3n) is 5.61. The Morgan fingerprint density at radius 1 is 1.06 bits per heavy atom. The smallest absolute Gasteiger partial charge is 0.231 e. The van der Waals surface area contributed by atoms with E-state index in [9.17, 15) is 4.79 Å². The Labute approximate surface area is 188 Å². The summed E-state index contributed by atoms with van der Waals surface area (Å²) < 4.78 is 5.38. The molecule has 1 unspecified atom stereocenters. The van der Waals surface area contributed by atoms with Gasteiger partial charge in [0.05, 0.1) is 18.5 Å². The number of benzene rings is 3. The van der Waals surface area contributed by atoms with Crippen LogP contribution < -0.4 is 15.4 Å². The predicted molar refractivity (Wildman–Crippen MR) is 128 cm³/mol. The Kier molecular flexibility index (Phi) is 6.82. The second-order valence-corrected chi connectivity index (χ2v) is 7.85. The zero-order valence-corrected chi connectivity index (χ0v) is 18.4. The molecule has 1 aromatic heterocycles. The topological polar surface area (TPSA) is 79.0 Å². The maximum absolute atomic E-state index is 13.3. The zero-order chi connectivity index (χ0) is 22.3. The molecule has 164 valence electrons. The Bertz CT molecular complexity index is 1190. The van der Waals surface area contributed by atoms with Crippen LogP contribution in [0.15, 0.2) is 72.8 Å². The average Bonchev–Trinajstić information content (AvgIpc) is 3.19. The van der Waals surface area contributed by atoms with Crippen LogP contribution in [0, 0.1) is 6.92 Å². The molecule has 0 bridgehead atoms. The first-order valence-electron chi connectivity index (χ1n) is 10.8. The standard InChI is InChI=1S/C26H28N4O2/c1-18-24-16-21(11-12-25(24)30-29-18)28-26(31)23(20-9-6-10-22(15-20)32-2)13-14-27-17-19-7-4-3-5-8-19/h3-12,15-16,23,27H,13-14,17H2,1-2H3,(H,28,31)(H,29,30). The number of aryl methyl sites for hydroxylation is 1. The van der Waals surface area contributed by atoms with Gasteiger partial charge in [-0.3, -0.25) is 9.89 Å². The van der Waals surface area contributed by atoms with Crippen molar-refractivity contribution in [3.05, 3.63) is 89.6 Å². The Balaban J connectivity index is 1.48. The molecule has 6 heteroatoms. The van der Waals surface area contributed by atoms with Crippen LogP contribution in [0.1, 0.15) is 29.2 Å². The molecule has 1 atom stereocenters. The highest BCUT2D eigenvalue weighted by molar-refractivity contribution is 5.98. The van der Waals surface area contributed by atoms with Crippen LogP contribution in [-0.4, -0.2) is 29.8 Å². The number of aromatic amines is 1. The number of carbonyl (C=O) groups is 1. The minimum absolute atomic E-state index is 0.0414. The van der Waals surface area contributed by atoms with Crippen molar-refractivity contribution >= 4 is 22.5 Å². The second-order valence-electron chi connectivity index (χ2n) is 7.85. The monoisotopic (exact) mass is 428 g/mol. The fraction of sp³-hybridized carbons (Fsp3) is 0.231. The van der Waals surface area contributed by atoms with E-state index in [0.717, 1.165) is 40.1 Å². The van der Waals surface area contributed by atoms with Gasteiger partial charge in [0.2, 0.25) is 5.91 Å². The fourth-order valence-corrected chi connectivity index (χ4v) is 3.83. The van der Waals surface area contributed by atoms with Gasteiger partial charge in [-0.05, 0) is 61.3 Å². The van der Waals surface area contributed by atoms with Gasteiger partial charge in [0.15, 0.2) is 0 Å². The fourth-order valence-electron chi connectivity index (χ4n) is 3.83. The highest BCUT2D eigenvalue weighted by atomic mass is 16.5. The molecule has 3 N–H and O–H groups in total. The van der Waals surface area contributed by atoms with E-state index in [0.29, 0.717) is 13.0 Å². The van der Waals surface area contributed by atoms with Gasteiger partial charge in [0.1, 0.15) is 5.75 Å². The molecular weight excluding hydrogens is 400 g/mol. The summed E-state index contributed by atoms with van der Waals surface area (Å²) >= 11 is 0. The molecule has 1 heterocycles. The van der Waals surface area contributed by atoms with Gasteiger partial charge in [0, 0.05) is 23.3 Å². The van der Waals surface area contributed by atoms with Crippen molar-refractivity contribution in [2.45, 2.75) is 25.8 Å². The average molecular weight is 429 g/mol. The molecule has 1 amide bonds. The van der Waals surface area contributed by atoms with E-state index in [2.05, 4.69) is 33.0 Å². The number of hydrogen-bond donors (Lipinski definition) is 3. The van der Waals surface area contributed by atoms with Crippen LogP contribution in [0.4, 0.5) is 5.69 Å². The van der Waals surface area contributed by atoms with Gasteiger partial charge in [-0.2, -0.15) is 5.10 Å². The van der Waals surface area contributed by atoms with E-state index in [-0.39, 0.29) is 11.8 Å². The first-order chi connectivity index (χ1) is 15.6. The summed E-state index contributed by atoms with van der Waals surface area (Å²) in [5.41, 5.74) is 4.78. The number of carbonyl (C=O) groups excluding carboxylic acids is 1. The molecule has 0 saturated carbocycles. The Hall–Kier alpha value is -3.64. The molecule has 4 rings (SSSR count). The number of nitrogens with one attached hydrogen (secondary N) is 3. The molecule has 0 spiro atoms. The summed E-state index contributed by atoms with van der Waals surface area (Å²) in [6, 6.07) is 23.7. The maximum Gasteiger partial charge on any atom is 0.231 e. The minimum Gasteiger partial charge on any atom is -0.497 e. The lowest BCUT2D eigenvalue weighted by atomic mass is 9.94. The van der Waals surface area contributed by atoms with Crippen LogP contribution in [0.3, 0.4) is 0 Å². The van der Waals surface area contributed by atoms with E-state index in [4.69, 9.17) is 4.74 Å².